The van der Waals surface area contributed by atoms with Crippen LogP contribution in [0, 0.1) is 0 Å². The largest absolute Gasteiger partial charge is 1.00 e. The van der Waals surface area contributed by atoms with Crippen molar-refractivity contribution in [3.8, 4) is 5.69 Å². The SMILES string of the molecule is O=S(=O)([O-])CC(O)CSc1nnnn1-c1ccccc1.[Na+]. The van der Waals surface area contributed by atoms with Gasteiger partial charge < -0.3 is 9.66 Å². The molecule has 0 bridgehead atoms. The van der Waals surface area contributed by atoms with Crippen LogP contribution in [0.1, 0.15) is 0 Å². The van der Waals surface area contributed by atoms with E-state index < -0.39 is 22.0 Å². The van der Waals surface area contributed by atoms with E-state index in [9.17, 15) is 18.1 Å². The minimum atomic E-state index is -4.45. The Morgan fingerprint density at radius 1 is 1.33 bits per heavy atom. The average molecular weight is 338 g/mol. The molecule has 0 radical (unpaired) electrons. The van der Waals surface area contributed by atoms with Gasteiger partial charge in [-0.3, -0.25) is 0 Å². The summed E-state index contributed by atoms with van der Waals surface area (Å²) < 4.78 is 33.0. The third-order valence-electron chi connectivity index (χ3n) is 2.24. The molecule has 1 aromatic heterocycles. The summed E-state index contributed by atoms with van der Waals surface area (Å²) in [7, 11) is -4.45. The Balaban J connectivity index is 0.00000220. The normalized spacial score (nSPS) is 12.7. The van der Waals surface area contributed by atoms with E-state index >= 15 is 0 Å². The molecule has 1 atom stereocenters. The van der Waals surface area contributed by atoms with Gasteiger partial charge in [0.15, 0.2) is 0 Å². The van der Waals surface area contributed by atoms with E-state index in [1.165, 1.54) is 4.68 Å². The molecule has 0 saturated heterocycles. The van der Waals surface area contributed by atoms with Crippen LogP contribution >= 0.6 is 11.8 Å². The summed E-state index contributed by atoms with van der Waals surface area (Å²) in [4.78, 5) is 0. The Labute approximate surface area is 148 Å². The molecule has 1 heterocycles. The second-order valence-electron chi connectivity index (χ2n) is 3.90. The van der Waals surface area contributed by atoms with E-state index in [4.69, 9.17) is 0 Å². The number of benzene rings is 1. The standard InChI is InChI=1S/C10H12N4O4S2.Na/c15-9(7-20(16,17)18)6-19-10-11-12-13-14(10)8-4-2-1-3-5-8;/h1-5,9,15H,6-7H2,(H,16,17,18);/q;+1/p-1. The molecule has 1 aromatic carbocycles. The van der Waals surface area contributed by atoms with Crippen LogP contribution in [0.3, 0.4) is 0 Å². The Hall–Kier alpha value is -0.490. The van der Waals surface area contributed by atoms with Gasteiger partial charge in [-0.1, -0.05) is 30.0 Å². The fraction of sp³-hybridized carbons (Fsp3) is 0.300. The van der Waals surface area contributed by atoms with Gasteiger partial charge in [-0.25, -0.2) is 8.42 Å². The van der Waals surface area contributed by atoms with Crippen LogP contribution in [0.2, 0.25) is 0 Å². The van der Waals surface area contributed by atoms with Gasteiger partial charge >= 0.3 is 29.6 Å². The van der Waals surface area contributed by atoms with Crippen LogP contribution in [0.5, 0.6) is 0 Å². The van der Waals surface area contributed by atoms with E-state index in [-0.39, 0.29) is 35.3 Å². The second kappa shape index (κ2) is 8.22. The Kier molecular flexibility index (Phi) is 7.27. The van der Waals surface area contributed by atoms with Crippen LogP contribution in [-0.2, 0) is 10.1 Å². The molecule has 0 fully saturated rings. The zero-order chi connectivity index (χ0) is 14.6. The van der Waals surface area contributed by atoms with Crippen LogP contribution in [-0.4, -0.2) is 55.9 Å². The summed E-state index contributed by atoms with van der Waals surface area (Å²) in [5.74, 6) is -0.818. The number of para-hydroxylation sites is 1. The van der Waals surface area contributed by atoms with Crippen molar-refractivity contribution in [1.29, 1.82) is 0 Å². The smallest absolute Gasteiger partial charge is 0.748 e. The predicted molar refractivity (Wildman–Crippen MR) is 70.4 cm³/mol. The minimum Gasteiger partial charge on any atom is -0.748 e. The van der Waals surface area contributed by atoms with Crippen molar-refractivity contribution >= 4 is 21.9 Å². The van der Waals surface area contributed by atoms with E-state index in [0.717, 1.165) is 17.4 Å². The Morgan fingerprint density at radius 2 is 2.00 bits per heavy atom. The quantitative estimate of drug-likeness (QED) is 0.330. The first-order valence-electron chi connectivity index (χ1n) is 5.54. The number of hydrogen-bond acceptors (Lipinski definition) is 8. The molecule has 0 amide bonds. The molecular weight excluding hydrogens is 327 g/mol. The molecule has 2 rings (SSSR count). The summed E-state index contributed by atoms with van der Waals surface area (Å²) in [6.07, 6.45) is -1.26. The number of thioether (sulfide) groups is 1. The Bertz CT molecular complexity index is 665. The fourth-order valence-corrected chi connectivity index (χ4v) is 3.01. The van der Waals surface area contributed by atoms with Crippen molar-refractivity contribution < 1.29 is 47.6 Å². The Morgan fingerprint density at radius 3 is 2.62 bits per heavy atom. The monoisotopic (exact) mass is 338 g/mol. The molecular formula is C10H11N4NaO4S2. The van der Waals surface area contributed by atoms with Gasteiger partial charge in [0, 0.05) is 5.75 Å². The summed E-state index contributed by atoms with van der Waals surface area (Å²) in [6.45, 7) is 0. The first-order valence-corrected chi connectivity index (χ1v) is 8.10. The third-order valence-corrected chi connectivity index (χ3v) is 4.10. The van der Waals surface area contributed by atoms with E-state index in [2.05, 4.69) is 15.5 Å². The van der Waals surface area contributed by atoms with E-state index in [1.54, 1.807) is 12.1 Å². The molecule has 0 aliphatic carbocycles. The fourth-order valence-electron chi connectivity index (χ4n) is 1.45. The van der Waals surface area contributed by atoms with Crippen LogP contribution in [0.25, 0.3) is 5.69 Å². The number of nitrogens with zero attached hydrogens (tertiary/aromatic N) is 4. The predicted octanol–water partition coefficient (Wildman–Crippen LogP) is -3.34. The van der Waals surface area contributed by atoms with E-state index in [1.807, 2.05) is 18.2 Å². The number of aliphatic hydroxyl groups excluding tert-OH is 1. The maximum Gasteiger partial charge on any atom is 1.00 e. The van der Waals surface area contributed by atoms with Gasteiger partial charge in [0.1, 0.15) is 0 Å². The van der Waals surface area contributed by atoms with Crippen molar-refractivity contribution in [1.82, 2.24) is 20.2 Å². The number of aliphatic hydroxyl groups is 1. The van der Waals surface area contributed by atoms with E-state index in [0.29, 0.717) is 5.16 Å². The number of aromatic nitrogens is 4. The molecule has 11 heteroatoms. The van der Waals surface area contributed by atoms with Gasteiger partial charge in [0.2, 0.25) is 5.16 Å². The molecule has 21 heavy (non-hydrogen) atoms. The molecule has 0 spiro atoms. The topological polar surface area (TPSA) is 121 Å². The number of tetrazole rings is 1. The van der Waals surface area contributed by atoms with Gasteiger partial charge in [-0.05, 0) is 22.6 Å². The first kappa shape index (κ1) is 18.6. The molecule has 2 aromatic rings. The second-order valence-corrected chi connectivity index (χ2v) is 6.33. The molecule has 1 unspecified atom stereocenters. The third kappa shape index (κ3) is 6.02. The van der Waals surface area contributed by atoms with Gasteiger partial charge in [0.05, 0.1) is 27.7 Å². The molecule has 0 aliphatic rings. The maximum atomic E-state index is 10.5. The molecule has 0 saturated carbocycles. The summed E-state index contributed by atoms with van der Waals surface area (Å²) in [5.41, 5.74) is 0.742. The number of rotatable bonds is 6. The van der Waals surface area contributed by atoms with Gasteiger partial charge in [-0.2, -0.15) is 4.68 Å². The van der Waals surface area contributed by atoms with Crippen molar-refractivity contribution in [2.24, 2.45) is 0 Å². The van der Waals surface area contributed by atoms with Crippen molar-refractivity contribution in [3.05, 3.63) is 30.3 Å². The van der Waals surface area contributed by atoms with Crippen LogP contribution < -0.4 is 29.6 Å². The molecule has 8 nitrogen and oxygen atoms in total. The first-order chi connectivity index (χ1) is 9.46. The average Bonchev–Trinajstić information content (AvgIpc) is 2.83. The van der Waals surface area contributed by atoms with Crippen molar-refractivity contribution in [2.75, 3.05) is 11.5 Å². The molecule has 0 aliphatic heterocycles. The van der Waals surface area contributed by atoms with Crippen LogP contribution in [0.4, 0.5) is 0 Å². The maximum absolute atomic E-state index is 10.5. The van der Waals surface area contributed by atoms with Gasteiger partial charge in [0.25, 0.3) is 0 Å². The number of hydrogen-bond donors (Lipinski definition) is 1. The van der Waals surface area contributed by atoms with Crippen molar-refractivity contribution in [2.45, 2.75) is 11.3 Å². The zero-order valence-electron chi connectivity index (χ0n) is 11.2. The summed E-state index contributed by atoms with van der Waals surface area (Å²) in [6, 6.07) is 9.11. The van der Waals surface area contributed by atoms with Crippen LogP contribution in [0.15, 0.2) is 35.5 Å². The van der Waals surface area contributed by atoms with Crippen molar-refractivity contribution in [3.63, 3.8) is 0 Å². The minimum absolute atomic E-state index is 0. The molecule has 1 N–H and O–H groups in total. The zero-order valence-corrected chi connectivity index (χ0v) is 14.8. The summed E-state index contributed by atoms with van der Waals surface area (Å²) in [5, 5.41) is 21.0. The molecule has 108 valence electrons. The van der Waals surface area contributed by atoms with Gasteiger partial charge in [-0.15, -0.1) is 5.10 Å². The summed E-state index contributed by atoms with van der Waals surface area (Å²) >= 11 is 1.07.